The molecule has 0 unspecified atom stereocenters. The number of carbonyl (C=O) groups is 2. The third kappa shape index (κ3) is 3.67. The number of likely N-dealkylation sites (tertiary alicyclic amines) is 1. The van der Waals surface area contributed by atoms with E-state index in [0.29, 0.717) is 19.5 Å². The number of aromatic nitrogens is 2. The van der Waals surface area contributed by atoms with E-state index in [1.54, 1.807) is 0 Å². The van der Waals surface area contributed by atoms with Gasteiger partial charge in [-0.2, -0.15) is 0 Å². The van der Waals surface area contributed by atoms with Gasteiger partial charge in [0.25, 0.3) is 0 Å². The number of amides is 2. The summed E-state index contributed by atoms with van der Waals surface area (Å²) in [7, 11) is 2.00. The lowest BCUT2D eigenvalue weighted by atomic mass is 9.96. The summed E-state index contributed by atoms with van der Waals surface area (Å²) in [4.78, 5) is 30.7. The Morgan fingerprint density at radius 3 is 2.92 bits per heavy atom. The van der Waals surface area contributed by atoms with Gasteiger partial charge in [-0.3, -0.25) is 9.59 Å². The van der Waals surface area contributed by atoms with Crippen LogP contribution in [0.15, 0.2) is 18.2 Å². The lowest BCUT2D eigenvalue weighted by molar-refractivity contribution is -0.135. The van der Waals surface area contributed by atoms with Crippen molar-refractivity contribution in [3.63, 3.8) is 0 Å². The van der Waals surface area contributed by atoms with Gasteiger partial charge >= 0.3 is 0 Å². The predicted molar refractivity (Wildman–Crippen MR) is 96.9 cm³/mol. The van der Waals surface area contributed by atoms with Gasteiger partial charge in [0.2, 0.25) is 11.8 Å². The van der Waals surface area contributed by atoms with E-state index in [-0.39, 0.29) is 17.7 Å². The molecule has 3 rings (SSSR count). The van der Waals surface area contributed by atoms with E-state index < -0.39 is 0 Å². The SMILES string of the molecule is CCC(=O)N1CCC[C@H](C(=O)NCc2ccc3c(c2)nc(C)n3C)C1. The second-order valence-corrected chi connectivity index (χ2v) is 6.79. The van der Waals surface area contributed by atoms with Crippen LogP contribution in [0.3, 0.4) is 0 Å². The molecule has 1 aromatic heterocycles. The van der Waals surface area contributed by atoms with E-state index >= 15 is 0 Å². The molecule has 1 saturated heterocycles. The molecule has 25 heavy (non-hydrogen) atoms. The number of hydrogen-bond donors (Lipinski definition) is 1. The van der Waals surface area contributed by atoms with Crippen molar-refractivity contribution in [3.05, 3.63) is 29.6 Å². The molecule has 1 aliphatic heterocycles. The van der Waals surface area contributed by atoms with Crippen LogP contribution in [0.1, 0.15) is 37.6 Å². The number of piperidine rings is 1. The van der Waals surface area contributed by atoms with Gasteiger partial charge in [-0.05, 0) is 37.5 Å². The molecule has 1 atom stereocenters. The van der Waals surface area contributed by atoms with E-state index in [9.17, 15) is 9.59 Å². The maximum absolute atomic E-state index is 12.5. The Balaban J connectivity index is 1.61. The number of hydrogen-bond acceptors (Lipinski definition) is 3. The first kappa shape index (κ1) is 17.5. The molecule has 2 amide bonds. The van der Waals surface area contributed by atoms with Gasteiger partial charge in [0.1, 0.15) is 5.82 Å². The molecule has 0 spiro atoms. The highest BCUT2D eigenvalue weighted by Gasteiger charge is 2.27. The minimum absolute atomic E-state index is 0.0332. The predicted octanol–water partition coefficient (Wildman–Crippen LogP) is 2.15. The molecule has 0 radical (unpaired) electrons. The van der Waals surface area contributed by atoms with E-state index in [2.05, 4.69) is 14.9 Å². The highest BCUT2D eigenvalue weighted by atomic mass is 16.2. The van der Waals surface area contributed by atoms with Crippen LogP contribution in [0.4, 0.5) is 0 Å². The summed E-state index contributed by atoms with van der Waals surface area (Å²) in [5.41, 5.74) is 3.08. The lowest BCUT2D eigenvalue weighted by Gasteiger charge is -2.31. The van der Waals surface area contributed by atoms with Crippen molar-refractivity contribution >= 4 is 22.8 Å². The molecule has 1 fully saturated rings. The van der Waals surface area contributed by atoms with Crippen molar-refractivity contribution in [3.8, 4) is 0 Å². The first-order valence-electron chi connectivity index (χ1n) is 8.97. The normalized spacial score (nSPS) is 17.7. The summed E-state index contributed by atoms with van der Waals surface area (Å²) in [6.45, 7) is 5.64. The summed E-state index contributed by atoms with van der Waals surface area (Å²) < 4.78 is 2.05. The van der Waals surface area contributed by atoms with Crippen molar-refractivity contribution in [2.75, 3.05) is 13.1 Å². The molecule has 0 bridgehead atoms. The van der Waals surface area contributed by atoms with Crippen LogP contribution in [-0.2, 0) is 23.2 Å². The van der Waals surface area contributed by atoms with Crippen LogP contribution < -0.4 is 5.32 Å². The molecule has 134 valence electrons. The average Bonchev–Trinajstić information content (AvgIpc) is 2.92. The smallest absolute Gasteiger partial charge is 0.225 e. The number of fused-ring (bicyclic) bond motifs is 1. The summed E-state index contributed by atoms with van der Waals surface area (Å²) in [6.07, 6.45) is 2.23. The zero-order valence-corrected chi connectivity index (χ0v) is 15.2. The van der Waals surface area contributed by atoms with Gasteiger partial charge in [0, 0.05) is 33.1 Å². The van der Waals surface area contributed by atoms with Gasteiger partial charge < -0.3 is 14.8 Å². The largest absolute Gasteiger partial charge is 0.352 e. The Morgan fingerprint density at radius 2 is 2.16 bits per heavy atom. The molecule has 6 heteroatoms. The van der Waals surface area contributed by atoms with Crippen molar-refractivity contribution in [1.29, 1.82) is 0 Å². The van der Waals surface area contributed by atoms with E-state index in [4.69, 9.17) is 0 Å². The molecular formula is C19H26N4O2. The van der Waals surface area contributed by atoms with Crippen molar-refractivity contribution in [2.24, 2.45) is 13.0 Å². The van der Waals surface area contributed by atoms with E-state index in [0.717, 1.165) is 41.8 Å². The zero-order valence-electron chi connectivity index (χ0n) is 15.2. The summed E-state index contributed by atoms with van der Waals surface area (Å²) >= 11 is 0. The molecule has 1 aromatic carbocycles. The van der Waals surface area contributed by atoms with E-state index in [1.807, 2.05) is 44.0 Å². The fraction of sp³-hybridized carbons (Fsp3) is 0.526. The van der Waals surface area contributed by atoms with Crippen LogP contribution in [-0.4, -0.2) is 39.4 Å². The molecule has 2 aromatic rings. The molecule has 0 aliphatic carbocycles. The quantitative estimate of drug-likeness (QED) is 0.926. The molecule has 6 nitrogen and oxygen atoms in total. The Bertz CT molecular complexity index is 796. The number of nitrogens with zero attached hydrogens (tertiary/aromatic N) is 3. The fourth-order valence-electron chi connectivity index (χ4n) is 3.45. The maximum atomic E-state index is 12.5. The highest BCUT2D eigenvalue weighted by Crippen LogP contribution is 2.19. The van der Waals surface area contributed by atoms with Gasteiger partial charge in [0.05, 0.1) is 17.0 Å². The first-order chi connectivity index (χ1) is 12.0. The van der Waals surface area contributed by atoms with Crippen LogP contribution in [0.5, 0.6) is 0 Å². The monoisotopic (exact) mass is 342 g/mol. The first-order valence-corrected chi connectivity index (χ1v) is 8.97. The third-order valence-electron chi connectivity index (χ3n) is 5.08. The summed E-state index contributed by atoms with van der Waals surface area (Å²) in [6, 6.07) is 6.09. The van der Waals surface area contributed by atoms with E-state index in [1.165, 1.54) is 0 Å². The Labute approximate surface area is 148 Å². The number of imidazole rings is 1. The van der Waals surface area contributed by atoms with Gasteiger partial charge in [-0.15, -0.1) is 0 Å². The van der Waals surface area contributed by atoms with Crippen molar-refractivity contribution < 1.29 is 9.59 Å². The van der Waals surface area contributed by atoms with Crippen LogP contribution >= 0.6 is 0 Å². The Morgan fingerprint density at radius 1 is 1.36 bits per heavy atom. The lowest BCUT2D eigenvalue weighted by Crippen LogP contribution is -2.45. The second kappa shape index (κ2) is 7.25. The van der Waals surface area contributed by atoms with Gasteiger partial charge in [0.15, 0.2) is 0 Å². The van der Waals surface area contributed by atoms with Crippen LogP contribution in [0.2, 0.25) is 0 Å². The number of carbonyl (C=O) groups excluding carboxylic acids is 2. The average molecular weight is 342 g/mol. The minimum Gasteiger partial charge on any atom is -0.352 e. The minimum atomic E-state index is -0.106. The zero-order chi connectivity index (χ0) is 18.0. The topological polar surface area (TPSA) is 67.2 Å². The second-order valence-electron chi connectivity index (χ2n) is 6.79. The maximum Gasteiger partial charge on any atom is 0.225 e. The number of nitrogens with one attached hydrogen (secondary N) is 1. The molecule has 0 saturated carbocycles. The fourth-order valence-corrected chi connectivity index (χ4v) is 3.45. The molecule has 1 N–H and O–H groups in total. The van der Waals surface area contributed by atoms with Crippen molar-refractivity contribution in [2.45, 2.75) is 39.7 Å². The summed E-state index contributed by atoms with van der Waals surface area (Å²) in [5, 5.41) is 3.02. The standard InChI is InChI=1S/C19H26N4O2/c1-4-18(24)23-9-5-6-15(12-23)19(25)20-11-14-7-8-17-16(10-14)21-13(2)22(17)3/h7-8,10,15H,4-6,9,11-12H2,1-3H3,(H,20,25)/t15-/m0/s1. The van der Waals surface area contributed by atoms with Crippen LogP contribution in [0.25, 0.3) is 11.0 Å². The number of rotatable bonds is 4. The Hall–Kier alpha value is -2.37. The molecule has 2 heterocycles. The highest BCUT2D eigenvalue weighted by molar-refractivity contribution is 5.81. The number of benzene rings is 1. The summed E-state index contributed by atoms with van der Waals surface area (Å²) in [5.74, 6) is 1.03. The van der Waals surface area contributed by atoms with Gasteiger partial charge in [-0.1, -0.05) is 13.0 Å². The molecule has 1 aliphatic rings. The van der Waals surface area contributed by atoms with Gasteiger partial charge in [-0.25, -0.2) is 4.98 Å². The Kier molecular flexibility index (Phi) is 5.06. The number of aryl methyl sites for hydroxylation is 2. The van der Waals surface area contributed by atoms with Crippen molar-refractivity contribution in [1.82, 2.24) is 19.8 Å². The molecular weight excluding hydrogens is 316 g/mol. The van der Waals surface area contributed by atoms with Crippen LogP contribution in [0, 0.1) is 12.8 Å². The third-order valence-corrected chi connectivity index (χ3v) is 5.08.